The minimum atomic E-state index is -0.949. The molecule has 0 spiro atoms. The number of halogens is 3. The molecule has 2 aliphatic rings. The van der Waals surface area contributed by atoms with Gasteiger partial charge < -0.3 is 14.2 Å². The van der Waals surface area contributed by atoms with Crippen LogP contribution in [0.1, 0.15) is 44.0 Å². The normalized spacial score (nSPS) is 20.4. The number of pyridine rings is 2. The van der Waals surface area contributed by atoms with Crippen LogP contribution in [0.5, 0.6) is 5.75 Å². The fraction of sp³-hybridized carbons (Fsp3) is 0.423. The molecule has 4 heterocycles. The topological polar surface area (TPSA) is 74.4 Å². The van der Waals surface area contributed by atoms with E-state index in [1.165, 1.54) is 4.57 Å². The van der Waals surface area contributed by atoms with E-state index >= 15 is 0 Å². The van der Waals surface area contributed by atoms with E-state index in [-0.39, 0.29) is 41.3 Å². The Balaban J connectivity index is 1.60. The molecule has 1 aromatic carbocycles. The summed E-state index contributed by atoms with van der Waals surface area (Å²) >= 11 is 0. The molecule has 0 amide bonds. The Morgan fingerprint density at radius 1 is 1.19 bits per heavy atom. The highest BCUT2D eigenvalue weighted by Crippen LogP contribution is 2.41. The molecule has 0 radical (unpaired) electrons. The lowest BCUT2D eigenvalue weighted by Gasteiger charge is -2.51. The number of aromatic nitrogens is 2. The average Bonchev–Trinajstić information content (AvgIpc) is 2.87. The molecule has 3 aromatic rings. The van der Waals surface area contributed by atoms with E-state index in [2.05, 4.69) is 20.9 Å². The quantitative estimate of drug-likeness (QED) is 0.542. The molecule has 36 heavy (non-hydrogen) atoms. The zero-order valence-electron chi connectivity index (χ0n) is 20.3. The molecule has 1 unspecified atom stereocenters. The molecule has 10 heteroatoms. The molecular formula is C26H26F3N5O2. The second kappa shape index (κ2) is 9.13. The van der Waals surface area contributed by atoms with E-state index in [9.17, 15) is 23.2 Å². The molecule has 3 atom stereocenters. The Bertz CT molecular complexity index is 1430. The van der Waals surface area contributed by atoms with Crippen molar-refractivity contribution in [3.05, 3.63) is 63.3 Å². The van der Waals surface area contributed by atoms with E-state index < -0.39 is 23.5 Å². The summed E-state index contributed by atoms with van der Waals surface area (Å²) in [5.74, 6) is -2.56. The standard InChI is InChI=1S/C26H26F3N5O2/c1-4-16-11-34-17(12-33(16)20(5-2)22-18(28)8-14(27)9-19(22)29)13-36-25-24(34)23-21(32(3)26(25)35)7-6-15(10-30)31-23/h6-9,16-17,20H,4-5,11-13H2,1-3H3/t16-,17+,20?/m1/s1. The summed E-state index contributed by atoms with van der Waals surface area (Å²) in [6.07, 6.45) is 1.11. The summed E-state index contributed by atoms with van der Waals surface area (Å²) in [4.78, 5) is 21.8. The van der Waals surface area contributed by atoms with Gasteiger partial charge in [0.15, 0.2) is 0 Å². The summed E-state index contributed by atoms with van der Waals surface area (Å²) in [6.45, 7) is 4.95. The van der Waals surface area contributed by atoms with Crippen molar-refractivity contribution in [3.8, 4) is 11.8 Å². The van der Waals surface area contributed by atoms with Gasteiger partial charge in [-0.2, -0.15) is 5.26 Å². The van der Waals surface area contributed by atoms with Crippen molar-refractivity contribution in [1.29, 1.82) is 5.26 Å². The van der Waals surface area contributed by atoms with Crippen molar-refractivity contribution in [2.75, 3.05) is 24.6 Å². The van der Waals surface area contributed by atoms with E-state index in [0.717, 1.165) is 12.1 Å². The monoisotopic (exact) mass is 497 g/mol. The molecular weight excluding hydrogens is 471 g/mol. The van der Waals surface area contributed by atoms with Crippen LogP contribution in [0.4, 0.5) is 18.9 Å². The number of rotatable bonds is 4. The number of nitrogens with zero attached hydrogens (tertiary/aromatic N) is 5. The van der Waals surface area contributed by atoms with Crippen LogP contribution in [-0.4, -0.2) is 46.2 Å². The minimum absolute atomic E-state index is 0.112. The third kappa shape index (κ3) is 3.69. The summed E-state index contributed by atoms with van der Waals surface area (Å²) in [6, 6.07) is 5.84. The van der Waals surface area contributed by atoms with E-state index in [4.69, 9.17) is 4.74 Å². The van der Waals surface area contributed by atoms with Gasteiger partial charge in [0.1, 0.15) is 47.0 Å². The summed E-state index contributed by atoms with van der Waals surface area (Å²) in [7, 11) is 1.64. The zero-order chi connectivity index (χ0) is 25.7. The maximum absolute atomic E-state index is 14.8. The first-order valence-corrected chi connectivity index (χ1v) is 12.0. The van der Waals surface area contributed by atoms with E-state index in [1.54, 1.807) is 19.2 Å². The van der Waals surface area contributed by atoms with Crippen molar-refractivity contribution < 1.29 is 17.9 Å². The lowest BCUT2D eigenvalue weighted by molar-refractivity contribution is 0.0688. The van der Waals surface area contributed by atoms with Gasteiger partial charge in [-0.15, -0.1) is 0 Å². The maximum atomic E-state index is 14.8. The molecule has 0 saturated carbocycles. The number of fused-ring (bicyclic) bond motifs is 5. The Labute approximate surface area is 206 Å². The molecule has 5 rings (SSSR count). The second-order valence-electron chi connectivity index (χ2n) is 9.30. The van der Waals surface area contributed by atoms with Gasteiger partial charge >= 0.3 is 0 Å². The van der Waals surface area contributed by atoms with Crippen molar-refractivity contribution in [3.63, 3.8) is 0 Å². The van der Waals surface area contributed by atoms with Crippen molar-refractivity contribution in [2.45, 2.75) is 44.8 Å². The average molecular weight is 498 g/mol. The van der Waals surface area contributed by atoms with Crippen LogP contribution in [0.3, 0.4) is 0 Å². The Morgan fingerprint density at radius 2 is 1.92 bits per heavy atom. The third-order valence-electron chi connectivity index (χ3n) is 7.37. The van der Waals surface area contributed by atoms with Gasteiger partial charge in [-0.05, 0) is 25.0 Å². The highest BCUT2D eigenvalue weighted by molar-refractivity contribution is 5.93. The summed E-state index contributed by atoms with van der Waals surface area (Å²) < 4.78 is 50.6. The largest absolute Gasteiger partial charge is 0.484 e. The Hall–Kier alpha value is -3.58. The number of hydrogen-bond donors (Lipinski definition) is 0. The molecule has 1 fully saturated rings. The number of piperazine rings is 1. The van der Waals surface area contributed by atoms with Crippen LogP contribution in [0, 0.1) is 28.8 Å². The van der Waals surface area contributed by atoms with Crippen molar-refractivity contribution in [1.82, 2.24) is 14.5 Å². The van der Waals surface area contributed by atoms with Crippen LogP contribution < -0.4 is 15.2 Å². The highest BCUT2D eigenvalue weighted by Gasteiger charge is 2.42. The molecule has 1 saturated heterocycles. The van der Waals surface area contributed by atoms with E-state index in [1.807, 2.05) is 13.8 Å². The first kappa shape index (κ1) is 24.1. The molecule has 0 N–H and O–H groups in total. The number of hydrogen-bond acceptors (Lipinski definition) is 6. The summed E-state index contributed by atoms with van der Waals surface area (Å²) in [5.41, 5.74) is 1.43. The maximum Gasteiger partial charge on any atom is 0.295 e. The van der Waals surface area contributed by atoms with Crippen LogP contribution in [0.25, 0.3) is 11.0 Å². The van der Waals surface area contributed by atoms with Gasteiger partial charge in [0, 0.05) is 49.9 Å². The smallest absolute Gasteiger partial charge is 0.295 e. The Morgan fingerprint density at radius 3 is 2.56 bits per heavy atom. The fourth-order valence-corrected chi connectivity index (χ4v) is 5.62. The molecule has 2 aromatic heterocycles. The SMILES string of the molecule is CCC(c1c(F)cc(F)cc1F)N1C[C@H]2COc3c(c4nc(C#N)ccc4n(C)c3=O)N2C[C@H]1CC. The van der Waals surface area contributed by atoms with Gasteiger partial charge in [0.25, 0.3) is 5.56 Å². The lowest BCUT2D eigenvalue weighted by Crippen LogP contribution is -2.62. The number of nitriles is 1. The van der Waals surface area contributed by atoms with Crippen LogP contribution in [0.2, 0.25) is 0 Å². The number of ether oxygens (including phenoxy) is 1. The van der Waals surface area contributed by atoms with Gasteiger partial charge in [-0.1, -0.05) is 13.8 Å². The number of anilines is 1. The molecule has 0 aliphatic carbocycles. The van der Waals surface area contributed by atoms with Gasteiger partial charge in [-0.3, -0.25) is 9.69 Å². The van der Waals surface area contributed by atoms with Gasteiger partial charge in [0.2, 0.25) is 5.75 Å². The highest BCUT2D eigenvalue weighted by atomic mass is 19.1. The van der Waals surface area contributed by atoms with Gasteiger partial charge in [0.05, 0.1) is 11.6 Å². The zero-order valence-corrected chi connectivity index (χ0v) is 20.3. The first-order chi connectivity index (χ1) is 17.3. The molecule has 0 bridgehead atoms. The van der Waals surface area contributed by atoms with Crippen LogP contribution in [0.15, 0.2) is 29.1 Å². The number of benzene rings is 1. The van der Waals surface area contributed by atoms with E-state index in [0.29, 0.717) is 42.7 Å². The lowest BCUT2D eigenvalue weighted by atomic mass is 9.94. The molecule has 7 nitrogen and oxygen atoms in total. The molecule has 188 valence electrons. The predicted molar refractivity (Wildman–Crippen MR) is 128 cm³/mol. The predicted octanol–water partition coefficient (Wildman–Crippen LogP) is 4.04. The minimum Gasteiger partial charge on any atom is -0.484 e. The van der Waals surface area contributed by atoms with Crippen molar-refractivity contribution in [2.24, 2.45) is 7.05 Å². The van der Waals surface area contributed by atoms with Gasteiger partial charge in [-0.25, -0.2) is 18.2 Å². The van der Waals surface area contributed by atoms with Crippen molar-refractivity contribution >= 4 is 16.7 Å². The number of aryl methyl sites for hydroxylation is 1. The Kier molecular flexibility index (Phi) is 6.12. The second-order valence-corrected chi connectivity index (χ2v) is 9.30. The first-order valence-electron chi connectivity index (χ1n) is 12.0. The third-order valence-corrected chi connectivity index (χ3v) is 7.37. The van der Waals surface area contributed by atoms with Crippen LogP contribution in [-0.2, 0) is 7.05 Å². The summed E-state index contributed by atoms with van der Waals surface area (Å²) in [5, 5.41) is 9.41. The molecule has 2 aliphatic heterocycles. The van der Waals surface area contributed by atoms with Crippen LogP contribution >= 0.6 is 0 Å². The fourth-order valence-electron chi connectivity index (χ4n) is 5.62.